The smallest absolute Gasteiger partial charge is 0.244 e. The molecule has 0 fully saturated rings. The van der Waals surface area contributed by atoms with E-state index in [1.165, 1.54) is 33.4 Å². The fourth-order valence-electron chi connectivity index (χ4n) is 6.26. The molecule has 6 nitrogen and oxygen atoms in total. The van der Waals surface area contributed by atoms with Gasteiger partial charge < -0.3 is 34.0 Å². The SMILES string of the molecule is O=S1(=O)c2ccc(cc2)Cn2cc[n+](c2)Cc2ccc(cc2)-c2cccc(c2)-c2ccc(cc2)C[n+]2ccn(c2)Cc2ccc1cc2.[Br-].[Br-]. The van der Waals surface area contributed by atoms with Crippen molar-refractivity contribution in [2.24, 2.45) is 0 Å². The van der Waals surface area contributed by atoms with E-state index in [-0.39, 0.29) is 34.0 Å². The van der Waals surface area contributed by atoms with Crippen molar-refractivity contribution in [3.05, 3.63) is 181 Å². The Kier molecular flexibility index (Phi) is 10.2. The molecule has 7 aliphatic rings. The largest absolute Gasteiger partial charge is 1.00 e. The zero-order valence-electron chi connectivity index (χ0n) is 26.6. The number of sulfone groups is 1. The molecule has 7 aliphatic heterocycles. The first-order valence-electron chi connectivity index (χ1n) is 15.8. The molecule has 0 saturated carbocycles. The number of hydrogen-bond acceptors (Lipinski definition) is 2. The van der Waals surface area contributed by atoms with Gasteiger partial charge in [-0.2, -0.15) is 0 Å². The van der Waals surface area contributed by atoms with Gasteiger partial charge in [0.2, 0.25) is 22.5 Å². The van der Waals surface area contributed by atoms with Gasteiger partial charge in [0.15, 0.2) is 0 Å². The molecule has 9 heteroatoms. The van der Waals surface area contributed by atoms with Crippen LogP contribution in [0.15, 0.2) is 169 Å². The molecule has 0 spiro atoms. The van der Waals surface area contributed by atoms with Crippen LogP contribution in [0.5, 0.6) is 0 Å². The number of nitrogens with zero attached hydrogens (tertiary/aromatic N) is 4. The summed E-state index contributed by atoms with van der Waals surface area (Å²) in [6.07, 6.45) is 12.4. The molecule has 14 bridgehead atoms. The van der Waals surface area contributed by atoms with E-state index in [0.29, 0.717) is 22.9 Å². The first-order valence-corrected chi connectivity index (χ1v) is 17.2. The van der Waals surface area contributed by atoms with Crippen molar-refractivity contribution in [3.63, 3.8) is 0 Å². The lowest BCUT2D eigenvalue weighted by Gasteiger charge is -2.08. The Hall–Kier alpha value is -4.57. The quantitative estimate of drug-likeness (QED) is 0.211. The summed E-state index contributed by atoms with van der Waals surface area (Å²) < 4.78 is 35.4. The minimum Gasteiger partial charge on any atom is -1.00 e. The molecule has 0 aliphatic carbocycles. The Morgan fingerprint density at radius 2 is 0.857 bits per heavy atom. The average molecular weight is 795 g/mol. The Bertz CT molecular complexity index is 2140. The Morgan fingerprint density at radius 3 is 1.27 bits per heavy atom. The van der Waals surface area contributed by atoms with Gasteiger partial charge in [-0.3, -0.25) is 0 Å². The van der Waals surface area contributed by atoms with E-state index in [0.717, 1.165) is 24.2 Å². The van der Waals surface area contributed by atoms with Crippen LogP contribution in [0.25, 0.3) is 22.3 Å². The molecule has 5 aromatic carbocycles. The maximum absolute atomic E-state index is 13.4. The van der Waals surface area contributed by atoms with Crippen molar-refractivity contribution in [1.82, 2.24) is 9.13 Å². The third kappa shape index (κ3) is 7.54. The maximum Gasteiger partial charge on any atom is 0.244 e. The molecule has 0 saturated heterocycles. The normalized spacial score (nSPS) is 13.4. The van der Waals surface area contributed by atoms with Gasteiger partial charge in [0.25, 0.3) is 0 Å². The molecule has 0 N–H and O–H groups in total. The standard InChI is InChI=1S/C40H34N4O2S.2BrH/c45-47(46)39-16-8-33(9-17-39)27-43-22-20-41(29-43)25-31-4-12-35(13-5-31)37-2-1-3-38(24-37)36-14-6-32(7-15-36)26-42-21-23-44(30-42)28-34-10-18-40(47)19-11-34;;/h1-24,29-30H,25-28H2;2*1H/q+2;;/p-2. The third-order valence-corrected chi connectivity index (χ3v) is 10.6. The topological polar surface area (TPSA) is 51.8 Å². The van der Waals surface area contributed by atoms with Crippen LogP contribution in [0.1, 0.15) is 22.3 Å². The van der Waals surface area contributed by atoms with Gasteiger partial charge in [0, 0.05) is 0 Å². The van der Waals surface area contributed by atoms with Gasteiger partial charge in [0.05, 0.1) is 9.79 Å². The minimum absolute atomic E-state index is 0. The number of rotatable bonds is 0. The summed E-state index contributed by atoms with van der Waals surface area (Å²) in [5.41, 5.74) is 9.29. The second kappa shape index (κ2) is 14.5. The Balaban J connectivity index is 0.00000208. The summed E-state index contributed by atoms with van der Waals surface area (Å²) in [5, 5.41) is 0. The highest BCUT2D eigenvalue weighted by atomic mass is 79.9. The van der Waals surface area contributed by atoms with E-state index in [4.69, 9.17) is 0 Å². The third-order valence-electron chi connectivity index (χ3n) is 8.86. The summed E-state index contributed by atoms with van der Waals surface area (Å²) in [7, 11) is -3.62. The zero-order chi connectivity index (χ0) is 31.8. The van der Waals surface area contributed by atoms with Crippen molar-refractivity contribution in [3.8, 4) is 22.3 Å². The van der Waals surface area contributed by atoms with Crippen LogP contribution in [0.3, 0.4) is 0 Å². The van der Waals surface area contributed by atoms with Gasteiger partial charge in [-0.15, -0.1) is 0 Å². The van der Waals surface area contributed by atoms with Gasteiger partial charge in [0.1, 0.15) is 51.0 Å². The molecule has 0 radical (unpaired) electrons. The summed E-state index contributed by atoms with van der Waals surface area (Å²) >= 11 is 0. The molecular weight excluding hydrogens is 760 g/mol. The lowest BCUT2D eigenvalue weighted by atomic mass is 9.98. The molecule has 2 aromatic heterocycles. The van der Waals surface area contributed by atoms with Crippen LogP contribution < -0.4 is 43.1 Å². The number of aromatic nitrogens is 4. The summed E-state index contributed by atoms with van der Waals surface area (Å²) in [6, 6.07) is 40.7. The first kappa shape index (κ1) is 34.3. The Labute approximate surface area is 308 Å². The summed E-state index contributed by atoms with van der Waals surface area (Å²) in [6.45, 7) is 2.83. The summed E-state index contributed by atoms with van der Waals surface area (Å²) in [5.74, 6) is 0. The predicted octanol–water partition coefficient (Wildman–Crippen LogP) is 0.546. The van der Waals surface area contributed by atoms with E-state index in [1.807, 2.05) is 36.7 Å². The first-order chi connectivity index (χ1) is 22.9. The molecule has 14 rings (SSSR count). The van der Waals surface area contributed by atoms with E-state index < -0.39 is 9.84 Å². The van der Waals surface area contributed by atoms with Crippen LogP contribution in [0, 0.1) is 0 Å². The van der Waals surface area contributed by atoms with Crippen molar-refractivity contribution in [1.29, 1.82) is 0 Å². The van der Waals surface area contributed by atoms with E-state index in [2.05, 4.69) is 116 Å². The highest BCUT2D eigenvalue weighted by molar-refractivity contribution is 7.91. The molecule has 246 valence electrons. The van der Waals surface area contributed by atoms with Crippen LogP contribution in [0.4, 0.5) is 0 Å². The highest BCUT2D eigenvalue weighted by Crippen LogP contribution is 2.27. The summed E-state index contributed by atoms with van der Waals surface area (Å²) in [4.78, 5) is 0.594. The van der Waals surface area contributed by atoms with Crippen molar-refractivity contribution in [2.45, 2.75) is 36.0 Å². The van der Waals surface area contributed by atoms with Gasteiger partial charge in [-0.25, -0.2) is 26.7 Å². The predicted molar refractivity (Wildman–Crippen MR) is 181 cm³/mol. The number of hydrogen-bond donors (Lipinski definition) is 0. The zero-order valence-corrected chi connectivity index (χ0v) is 30.6. The lowest BCUT2D eigenvalue weighted by molar-refractivity contribution is -0.688. The van der Waals surface area contributed by atoms with E-state index >= 15 is 0 Å². The average Bonchev–Trinajstić information content (AvgIpc) is 3.74. The van der Waals surface area contributed by atoms with Crippen LogP contribution >= 0.6 is 0 Å². The van der Waals surface area contributed by atoms with Gasteiger partial charge >= 0.3 is 0 Å². The number of benzene rings is 5. The highest BCUT2D eigenvalue weighted by Gasteiger charge is 2.18. The molecular formula is C40H34Br2N4O2S. The van der Waals surface area contributed by atoms with Crippen LogP contribution in [-0.2, 0) is 36.0 Å². The van der Waals surface area contributed by atoms with Crippen molar-refractivity contribution >= 4 is 9.84 Å². The Morgan fingerprint density at radius 1 is 0.469 bits per heavy atom. The molecule has 0 amide bonds. The van der Waals surface area contributed by atoms with E-state index in [9.17, 15) is 8.42 Å². The maximum atomic E-state index is 13.4. The minimum atomic E-state index is -3.62. The van der Waals surface area contributed by atoms with Gasteiger partial charge in [-0.1, -0.05) is 91.0 Å². The van der Waals surface area contributed by atoms with Crippen LogP contribution in [-0.4, -0.2) is 17.6 Å². The molecule has 0 unspecified atom stereocenters. The van der Waals surface area contributed by atoms with Crippen molar-refractivity contribution in [2.75, 3.05) is 0 Å². The van der Waals surface area contributed by atoms with E-state index in [1.54, 1.807) is 24.3 Å². The molecule has 0 atom stereocenters. The molecule has 7 aromatic rings. The second-order valence-electron chi connectivity index (χ2n) is 12.3. The number of imidazole rings is 2. The molecule has 49 heavy (non-hydrogen) atoms. The monoisotopic (exact) mass is 792 g/mol. The molecule has 9 heterocycles. The van der Waals surface area contributed by atoms with Crippen LogP contribution in [0.2, 0.25) is 0 Å². The van der Waals surface area contributed by atoms with Gasteiger partial charge in [-0.05, 0) is 74.8 Å². The fraction of sp³-hybridized carbons (Fsp3) is 0.100. The lowest BCUT2D eigenvalue weighted by Crippen LogP contribution is -3.00. The number of halogens is 2. The van der Waals surface area contributed by atoms with Crippen molar-refractivity contribution < 1.29 is 51.5 Å². The fourth-order valence-corrected chi connectivity index (χ4v) is 7.52. The second-order valence-corrected chi connectivity index (χ2v) is 14.2.